The highest BCUT2D eigenvalue weighted by Gasteiger charge is 2.14. The van der Waals surface area contributed by atoms with Crippen molar-refractivity contribution in [1.29, 1.82) is 0 Å². The molecule has 0 aliphatic carbocycles. The molecule has 0 saturated carbocycles. The molecule has 0 heterocycles. The van der Waals surface area contributed by atoms with Crippen LogP contribution in [-0.4, -0.2) is 35.7 Å². The molecule has 0 amide bonds. The zero-order chi connectivity index (χ0) is 9.40. The molecule has 0 radical (unpaired) electrons. The fraction of sp³-hybridized carbons (Fsp3) is 0.625. The smallest absolute Gasteiger partial charge is 0.320 e. The molecule has 1 atom stereocenters. The molecule has 0 aliphatic heterocycles. The van der Waals surface area contributed by atoms with E-state index in [1.807, 2.05) is 6.26 Å². The number of aliphatic carboxylic acids is 1. The Morgan fingerprint density at radius 3 is 2.92 bits per heavy atom. The van der Waals surface area contributed by atoms with Crippen LogP contribution < -0.4 is 5.32 Å². The molecule has 2 N–H and O–H groups in total. The van der Waals surface area contributed by atoms with E-state index < -0.39 is 12.0 Å². The van der Waals surface area contributed by atoms with Gasteiger partial charge in [-0.05, 0) is 18.4 Å². The molecule has 0 aromatic rings. The molecule has 0 unspecified atom stereocenters. The summed E-state index contributed by atoms with van der Waals surface area (Å²) in [4.78, 5) is 10.6. The third-order valence-corrected chi connectivity index (χ3v) is 2.00. The van der Waals surface area contributed by atoms with Gasteiger partial charge in [0.2, 0.25) is 0 Å². The number of nitrogens with one attached hydrogen (secondary N) is 1. The Bertz CT molecular complexity index is 176. The maximum absolute atomic E-state index is 10.6. The van der Waals surface area contributed by atoms with Gasteiger partial charge >= 0.3 is 5.97 Å². The summed E-state index contributed by atoms with van der Waals surface area (Å²) in [5.41, 5.74) is 0. The first kappa shape index (κ1) is 11.3. The van der Waals surface area contributed by atoms with Gasteiger partial charge in [-0.25, -0.2) is 0 Å². The van der Waals surface area contributed by atoms with Gasteiger partial charge in [-0.3, -0.25) is 10.1 Å². The number of carboxylic acids is 1. The van der Waals surface area contributed by atoms with Gasteiger partial charge in [-0.15, -0.1) is 6.42 Å². The van der Waals surface area contributed by atoms with Gasteiger partial charge in [0.1, 0.15) is 6.04 Å². The Morgan fingerprint density at radius 1 is 1.83 bits per heavy atom. The van der Waals surface area contributed by atoms with E-state index in [2.05, 4.69) is 11.2 Å². The predicted molar refractivity (Wildman–Crippen MR) is 51.3 cm³/mol. The molecule has 68 valence electrons. The summed E-state index contributed by atoms with van der Waals surface area (Å²) < 4.78 is 0. The van der Waals surface area contributed by atoms with Crippen LogP contribution >= 0.6 is 11.8 Å². The first-order valence-corrected chi connectivity index (χ1v) is 5.00. The van der Waals surface area contributed by atoms with Gasteiger partial charge in [0.05, 0.1) is 6.54 Å². The second kappa shape index (κ2) is 7.01. The van der Waals surface area contributed by atoms with E-state index in [0.717, 1.165) is 5.75 Å². The average Bonchev–Trinajstić information content (AvgIpc) is 2.04. The van der Waals surface area contributed by atoms with Gasteiger partial charge in [-0.2, -0.15) is 11.8 Å². The van der Waals surface area contributed by atoms with Crippen LogP contribution in [0.3, 0.4) is 0 Å². The second-order valence-corrected chi connectivity index (χ2v) is 3.24. The van der Waals surface area contributed by atoms with Crippen molar-refractivity contribution in [3.63, 3.8) is 0 Å². The SMILES string of the molecule is C#CCN[C@@H](CCSC)C(=O)O. The van der Waals surface area contributed by atoms with Crippen molar-refractivity contribution in [2.24, 2.45) is 0 Å². The Kier molecular flexibility index (Phi) is 6.63. The van der Waals surface area contributed by atoms with Crippen LogP contribution in [0.25, 0.3) is 0 Å². The summed E-state index contributed by atoms with van der Waals surface area (Å²) in [7, 11) is 0. The zero-order valence-electron chi connectivity index (χ0n) is 7.04. The van der Waals surface area contributed by atoms with Crippen molar-refractivity contribution in [2.75, 3.05) is 18.6 Å². The Balaban J connectivity index is 3.72. The number of carboxylic acid groups (broad SMARTS) is 1. The highest BCUT2D eigenvalue weighted by atomic mass is 32.2. The van der Waals surface area contributed by atoms with Crippen molar-refractivity contribution in [3.05, 3.63) is 0 Å². The van der Waals surface area contributed by atoms with E-state index in [4.69, 9.17) is 11.5 Å². The molecule has 0 aliphatic rings. The van der Waals surface area contributed by atoms with Crippen LogP contribution in [0, 0.1) is 12.3 Å². The number of hydrogen-bond acceptors (Lipinski definition) is 3. The van der Waals surface area contributed by atoms with Crippen molar-refractivity contribution in [2.45, 2.75) is 12.5 Å². The molecule has 0 rings (SSSR count). The molecule has 12 heavy (non-hydrogen) atoms. The summed E-state index contributed by atoms with van der Waals surface area (Å²) in [6.45, 7) is 0.311. The molecule has 0 fully saturated rings. The fourth-order valence-corrected chi connectivity index (χ4v) is 1.20. The first-order chi connectivity index (χ1) is 5.72. The Labute approximate surface area is 76.9 Å². The molecule has 0 spiro atoms. The van der Waals surface area contributed by atoms with E-state index in [-0.39, 0.29) is 0 Å². The largest absolute Gasteiger partial charge is 0.480 e. The van der Waals surface area contributed by atoms with Gasteiger partial charge in [0.25, 0.3) is 0 Å². The van der Waals surface area contributed by atoms with Crippen molar-refractivity contribution >= 4 is 17.7 Å². The third kappa shape index (κ3) is 5.05. The minimum absolute atomic E-state index is 0.311. The van der Waals surface area contributed by atoms with Crippen molar-refractivity contribution < 1.29 is 9.90 Å². The molecular formula is C8H13NO2S. The zero-order valence-corrected chi connectivity index (χ0v) is 7.86. The third-order valence-electron chi connectivity index (χ3n) is 1.36. The lowest BCUT2D eigenvalue weighted by molar-refractivity contribution is -0.139. The second-order valence-electron chi connectivity index (χ2n) is 2.26. The lowest BCUT2D eigenvalue weighted by Crippen LogP contribution is -2.37. The molecule has 0 aromatic carbocycles. The average molecular weight is 187 g/mol. The molecular weight excluding hydrogens is 174 g/mol. The van der Waals surface area contributed by atoms with Gasteiger partial charge in [-0.1, -0.05) is 5.92 Å². The van der Waals surface area contributed by atoms with E-state index in [0.29, 0.717) is 13.0 Å². The van der Waals surface area contributed by atoms with Crippen LogP contribution in [0.4, 0.5) is 0 Å². The lowest BCUT2D eigenvalue weighted by atomic mass is 10.2. The number of rotatable bonds is 6. The summed E-state index contributed by atoms with van der Waals surface area (Å²) in [6, 6.07) is -0.506. The van der Waals surface area contributed by atoms with E-state index >= 15 is 0 Å². The van der Waals surface area contributed by atoms with E-state index in [9.17, 15) is 4.79 Å². The highest BCUT2D eigenvalue weighted by molar-refractivity contribution is 7.98. The van der Waals surface area contributed by atoms with Crippen LogP contribution in [-0.2, 0) is 4.79 Å². The number of terminal acetylenes is 1. The number of carbonyl (C=O) groups is 1. The normalized spacial score (nSPS) is 12.0. The Hall–Kier alpha value is -0.660. The maximum Gasteiger partial charge on any atom is 0.320 e. The topological polar surface area (TPSA) is 49.3 Å². The number of thioether (sulfide) groups is 1. The quantitative estimate of drug-likeness (QED) is 0.592. The summed E-state index contributed by atoms with van der Waals surface area (Å²) in [5, 5.41) is 11.4. The standard InChI is InChI=1S/C8H13NO2S/c1-3-5-9-7(8(10)11)4-6-12-2/h1,7,9H,4-6H2,2H3,(H,10,11)/t7-/m0/s1. The van der Waals surface area contributed by atoms with Crippen LogP contribution in [0.2, 0.25) is 0 Å². The molecule has 3 nitrogen and oxygen atoms in total. The molecule has 0 aromatic heterocycles. The van der Waals surface area contributed by atoms with Gasteiger partial charge < -0.3 is 5.11 Å². The fourth-order valence-electron chi connectivity index (χ4n) is 0.731. The summed E-state index contributed by atoms with van der Waals surface area (Å²) >= 11 is 1.63. The minimum Gasteiger partial charge on any atom is -0.480 e. The van der Waals surface area contributed by atoms with Crippen molar-refractivity contribution in [1.82, 2.24) is 5.32 Å². The van der Waals surface area contributed by atoms with E-state index in [1.54, 1.807) is 11.8 Å². The Morgan fingerprint density at radius 2 is 2.50 bits per heavy atom. The minimum atomic E-state index is -0.834. The van der Waals surface area contributed by atoms with Crippen LogP contribution in [0.1, 0.15) is 6.42 Å². The predicted octanol–water partition coefficient (Wildman–Crippen LogP) is 0.415. The maximum atomic E-state index is 10.6. The van der Waals surface area contributed by atoms with Gasteiger partial charge in [0, 0.05) is 0 Å². The monoisotopic (exact) mass is 187 g/mol. The van der Waals surface area contributed by atoms with Crippen LogP contribution in [0.5, 0.6) is 0 Å². The summed E-state index contributed by atoms with van der Waals surface area (Å²) in [6.07, 6.45) is 7.55. The number of hydrogen-bond donors (Lipinski definition) is 2. The van der Waals surface area contributed by atoms with E-state index in [1.165, 1.54) is 0 Å². The molecule has 4 heteroatoms. The van der Waals surface area contributed by atoms with Crippen molar-refractivity contribution in [3.8, 4) is 12.3 Å². The highest BCUT2D eigenvalue weighted by Crippen LogP contribution is 2.00. The molecule has 0 bridgehead atoms. The summed E-state index contributed by atoms with van der Waals surface area (Å²) in [5.74, 6) is 2.34. The first-order valence-electron chi connectivity index (χ1n) is 3.61. The molecule has 0 saturated heterocycles. The van der Waals surface area contributed by atoms with Gasteiger partial charge in [0.15, 0.2) is 0 Å². The lowest BCUT2D eigenvalue weighted by Gasteiger charge is -2.10. The van der Waals surface area contributed by atoms with Crippen LogP contribution in [0.15, 0.2) is 0 Å².